The highest BCUT2D eigenvalue weighted by Gasteiger charge is 2.63. The van der Waals surface area contributed by atoms with Gasteiger partial charge in [0.15, 0.2) is 5.60 Å². The van der Waals surface area contributed by atoms with Crippen LogP contribution in [0.5, 0.6) is 11.8 Å². The van der Waals surface area contributed by atoms with E-state index in [1.807, 2.05) is 19.9 Å². The van der Waals surface area contributed by atoms with Crippen molar-refractivity contribution in [2.75, 3.05) is 13.7 Å². The first-order chi connectivity index (χ1) is 27.5. The molecule has 2 aliphatic heterocycles. The lowest BCUT2D eigenvalue weighted by Crippen LogP contribution is -2.60. The molecule has 1 aromatic carbocycles. The van der Waals surface area contributed by atoms with Gasteiger partial charge in [0, 0.05) is 30.7 Å². The van der Waals surface area contributed by atoms with Crippen LogP contribution in [0.25, 0.3) is 10.8 Å². The molecule has 0 bridgehead atoms. The van der Waals surface area contributed by atoms with E-state index in [-0.39, 0.29) is 37.1 Å². The number of pyridine rings is 1. The first kappa shape index (κ1) is 44.0. The van der Waals surface area contributed by atoms with Crippen molar-refractivity contribution >= 4 is 44.6 Å². The number of carbonyl (C=O) groups excluding carboxylic acids is 4. The molecule has 0 radical (unpaired) electrons. The van der Waals surface area contributed by atoms with Gasteiger partial charge in [-0.1, -0.05) is 32.4 Å². The predicted octanol–water partition coefficient (Wildman–Crippen LogP) is 5.54. The summed E-state index contributed by atoms with van der Waals surface area (Å²) in [6.07, 6.45) is 4.23. The van der Waals surface area contributed by atoms with Crippen LogP contribution in [-0.4, -0.2) is 95.8 Å². The Balaban J connectivity index is 1.38. The van der Waals surface area contributed by atoms with Crippen molar-refractivity contribution in [2.24, 2.45) is 17.8 Å². The first-order valence-corrected chi connectivity index (χ1v) is 21.6. The minimum Gasteiger partial charge on any atom is -0.481 e. The fraction of sp³-hybridized carbons (Fsp3) is 0.634. The van der Waals surface area contributed by atoms with Crippen molar-refractivity contribution in [1.82, 2.24) is 25.2 Å². The van der Waals surface area contributed by atoms with E-state index in [4.69, 9.17) is 14.2 Å². The van der Waals surface area contributed by atoms with Crippen molar-refractivity contribution < 1.29 is 55.0 Å². The van der Waals surface area contributed by atoms with E-state index >= 15 is 0 Å². The van der Waals surface area contributed by atoms with Crippen molar-refractivity contribution in [3.63, 3.8) is 0 Å². The fourth-order valence-electron chi connectivity index (χ4n) is 7.82. The number of alkyl carbamates (subject to hydrolysis) is 1. The third-order valence-corrected chi connectivity index (χ3v) is 14.7. The molecule has 2 aromatic rings. The second-order valence-corrected chi connectivity index (χ2v) is 19.6. The molecule has 1 aromatic heterocycles. The van der Waals surface area contributed by atoms with Crippen LogP contribution in [-0.2, 0) is 29.1 Å². The number of nitrogens with zero attached hydrogens (tertiary/aromatic N) is 2. The van der Waals surface area contributed by atoms with Gasteiger partial charge in [0.05, 0.1) is 18.4 Å². The number of hydrogen-bond acceptors (Lipinski definition) is 10. The number of allylic oxidation sites excluding steroid dienone is 1. The van der Waals surface area contributed by atoms with Gasteiger partial charge in [-0.2, -0.15) is 4.98 Å². The lowest BCUT2D eigenvalue weighted by Gasteiger charge is -2.35. The molecule has 1 saturated heterocycles. The Labute approximate surface area is 342 Å². The van der Waals surface area contributed by atoms with Gasteiger partial charge >= 0.3 is 6.09 Å². The fourth-order valence-corrected chi connectivity index (χ4v) is 9.13. The lowest BCUT2D eigenvalue weighted by atomic mass is 9.85. The largest absolute Gasteiger partial charge is 0.481 e. The molecular formula is C41H54F3N5O9S. The van der Waals surface area contributed by atoms with Crippen LogP contribution >= 0.6 is 0 Å². The molecule has 4 aliphatic rings. The number of methoxy groups -OCH3 is 1. The maximum Gasteiger partial charge on any atom is 0.408 e. The third kappa shape index (κ3) is 9.11. The number of ether oxygens (including phenoxy) is 3. The number of carbonyl (C=O) groups is 4. The van der Waals surface area contributed by atoms with Gasteiger partial charge in [-0.3, -0.25) is 19.1 Å². The van der Waals surface area contributed by atoms with Crippen LogP contribution in [0.2, 0.25) is 0 Å². The van der Waals surface area contributed by atoms with Gasteiger partial charge in [0.1, 0.15) is 29.5 Å². The molecule has 2 aliphatic carbocycles. The van der Waals surface area contributed by atoms with Crippen molar-refractivity contribution in [3.8, 4) is 11.8 Å². The highest BCUT2D eigenvalue weighted by molar-refractivity contribution is 7.91. The molecule has 3 fully saturated rings. The van der Waals surface area contributed by atoms with E-state index in [0.29, 0.717) is 56.2 Å². The summed E-state index contributed by atoms with van der Waals surface area (Å²) in [5, 5.41) is 6.20. The smallest absolute Gasteiger partial charge is 0.408 e. The number of nitrogens with one attached hydrogen (secondary N) is 3. The Hall–Kier alpha value is -4.61. The number of amides is 4. The number of fused-ring (bicyclic) bond motifs is 3. The Morgan fingerprint density at radius 2 is 1.83 bits per heavy atom. The van der Waals surface area contributed by atoms with E-state index in [1.54, 1.807) is 13.0 Å². The van der Waals surface area contributed by atoms with Gasteiger partial charge in [0.25, 0.3) is 11.8 Å². The van der Waals surface area contributed by atoms with Crippen molar-refractivity contribution in [3.05, 3.63) is 42.2 Å². The summed E-state index contributed by atoms with van der Waals surface area (Å²) in [7, 11) is -2.71. The number of benzene rings is 1. The molecule has 3 heterocycles. The van der Waals surface area contributed by atoms with Crippen LogP contribution in [0, 0.1) is 23.6 Å². The second-order valence-electron chi connectivity index (χ2n) is 17.4. The summed E-state index contributed by atoms with van der Waals surface area (Å²) in [5.74, 6) is -7.29. The summed E-state index contributed by atoms with van der Waals surface area (Å²) >= 11 is 0. The Bertz CT molecular complexity index is 2130. The zero-order chi connectivity index (χ0) is 43.3. The molecule has 2 saturated carbocycles. The summed E-state index contributed by atoms with van der Waals surface area (Å²) in [6, 6.07) is 2.81. The number of sulfonamides is 1. The standard InChI is InChI=1S/C41H54F3N5O9S/c1-8-24-17-23(2)11-9-10-12-26-21-41(26,36(52)48-59(54,55)39(5)15-16-39)47-33(50)30-20-28(57-34-29-14-13-27(42)18-25(29)19-31(45-34)56-7)22-49(30)35(51)32(24)46-37(53)58-38(3,4)40(6,43)44/h10,12-14,18-19,23-24,26,28,30,32H,8-9,11,15-17,20-22H2,1-7H3,(H,46,53)(H,47,50)(H,48,52)/b12-10-/t23-,24+,26?,28+,30-,32-,41+/m0/s1. The quantitative estimate of drug-likeness (QED) is 0.257. The highest BCUT2D eigenvalue weighted by Crippen LogP contribution is 2.48. The number of aromatic nitrogens is 1. The molecule has 1 unspecified atom stereocenters. The van der Waals surface area contributed by atoms with E-state index in [2.05, 4.69) is 20.3 Å². The van der Waals surface area contributed by atoms with Crippen molar-refractivity contribution in [2.45, 2.75) is 133 Å². The lowest BCUT2D eigenvalue weighted by molar-refractivity contribution is -0.152. The van der Waals surface area contributed by atoms with E-state index in [1.165, 1.54) is 36.3 Å². The molecule has 6 rings (SSSR count). The molecule has 324 valence electrons. The summed E-state index contributed by atoms with van der Waals surface area (Å²) in [5.41, 5.74) is -3.89. The zero-order valence-corrected chi connectivity index (χ0v) is 35.2. The maximum atomic E-state index is 15.0. The molecule has 4 amide bonds. The predicted molar refractivity (Wildman–Crippen MR) is 211 cm³/mol. The Morgan fingerprint density at radius 3 is 2.47 bits per heavy atom. The summed E-state index contributed by atoms with van der Waals surface area (Å²) in [4.78, 5) is 62.6. The van der Waals surface area contributed by atoms with Gasteiger partial charge < -0.3 is 29.7 Å². The van der Waals surface area contributed by atoms with Crippen LogP contribution in [0.4, 0.5) is 18.0 Å². The van der Waals surface area contributed by atoms with E-state index in [0.717, 1.165) is 13.8 Å². The number of alkyl halides is 2. The SMILES string of the molecule is CC[C@@H]1C[C@@H](C)CC/C=C\C2C[C@@]2(C(=O)NS(=O)(=O)C2(C)CC2)NC(=O)[C@@H]2C[C@@H](Oc3nc(OC)cc4cc(F)ccc34)CN2C(=O)[C@H]1NC(=O)OC(C)(C)C(C)(F)F. The second kappa shape index (κ2) is 16.1. The third-order valence-electron chi connectivity index (χ3n) is 12.5. The molecule has 0 spiro atoms. The zero-order valence-electron chi connectivity index (χ0n) is 34.4. The minimum atomic E-state index is -4.08. The van der Waals surface area contributed by atoms with Crippen LogP contribution in [0.15, 0.2) is 36.4 Å². The number of rotatable bonds is 10. The normalized spacial score (nSPS) is 29.2. The van der Waals surface area contributed by atoms with Crippen LogP contribution in [0.1, 0.15) is 92.9 Å². The topological polar surface area (TPSA) is 182 Å². The molecule has 7 atom stereocenters. The first-order valence-electron chi connectivity index (χ1n) is 20.1. The molecule has 3 N–H and O–H groups in total. The number of halogens is 3. The number of hydrogen-bond donors (Lipinski definition) is 3. The van der Waals surface area contributed by atoms with Gasteiger partial charge in [-0.05, 0) is 94.7 Å². The van der Waals surface area contributed by atoms with E-state index < -0.39 is 91.5 Å². The van der Waals surface area contributed by atoms with Gasteiger partial charge in [0.2, 0.25) is 33.6 Å². The average molecular weight is 850 g/mol. The Kier molecular flexibility index (Phi) is 12.0. The highest BCUT2D eigenvalue weighted by atomic mass is 32.2. The molecule has 14 nitrogen and oxygen atoms in total. The van der Waals surface area contributed by atoms with Crippen LogP contribution < -0.4 is 24.8 Å². The average Bonchev–Trinajstić information content (AvgIpc) is 4.03. The van der Waals surface area contributed by atoms with Crippen LogP contribution in [0.3, 0.4) is 0 Å². The summed E-state index contributed by atoms with van der Waals surface area (Å²) < 4.78 is 87.6. The maximum absolute atomic E-state index is 15.0. The van der Waals surface area contributed by atoms with Crippen molar-refractivity contribution in [1.29, 1.82) is 0 Å². The molecule has 59 heavy (non-hydrogen) atoms. The molecule has 18 heteroatoms. The Morgan fingerprint density at radius 1 is 1.12 bits per heavy atom. The molecular weight excluding hydrogens is 796 g/mol. The monoisotopic (exact) mass is 849 g/mol. The van der Waals surface area contributed by atoms with E-state index in [9.17, 15) is 40.8 Å². The summed E-state index contributed by atoms with van der Waals surface area (Å²) in [6.45, 7) is 7.85. The van der Waals surface area contributed by atoms with Gasteiger partial charge in [-0.15, -0.1) is 0 Å². The minimum absolute atomic E-state index is 0.00146. The van der Waals surface area contributed by atoms with Gasteiger partial charge in [-0.25, -0.2) is 26.4 Å².